The van der Waals surface area contributed by atoms with E-state index in [0.717, 1.165) is 42.2 Å². The van der Waals surface area contributed by atoms with Crippen LogP contribution in [0.1, 0.15) is 78.4 Å². The fourth-order valence-corrected chi connectivity index (χ4v) is 13.4. The van der Waals surface area contributed by atoms with Gasteiger partial charge in [0.05, 0.1) is 31.8 Å². The second-order valence-corrected chi connectivity index (χ2v) is 26.5. The van der Waals surface area contributed by atoms with Gasteiger partial charge in [-0.1, -0.05) is 84.1 Å². The quantitative estimate of drug-likeness (QED) is 0.0526. The molecule has 2 aromatic heterocycles. The van der Waals surface area contributed by atoms with Crippen molar-refractivity contribution in [2.24, 2.45) is 0 Å². The van der Waals surface area contributed by atoms with E-state index in [-0.39, 0.29) is 22.0 Å². The number of hydrogen-bond donors (Lipinski definition) is 9. The van der Waals surface area contributed by atoms with E-state index in [4.69, 9.17) is 5.11 Å². The summed E-state index contributed by atoms with van der Waals surface area (Å²) in [5, 5.41) is 33.6. The van der Waals surface area contributed by atoms with Crippen LogP contribution in [0.25, 0.3) is 20.9 Å². The number of nitrogens with one attached hydrogen (secondary N) is 7. The van der Waals surface area contributed by atoms with Crippen LogP contribution in [0.4, 0.5) is 26.1 Å². The Hall–Kier alpha value is -5.34. The fourth-order valence-electron chi connectivity index (χ4n) is 7.65. The second-order valence-electron chi connectivity index (χ2n) is 19.9. The van der Waals surface area contributed by atoms with Crippen LogP contribution in [0, 0.1) is 0 Å². The second kappa shape index (κ2) is 26.6. The molecule has 0 bridgehead atoms. The smallest absolute Gasteiger partial charge is 0.319 e. The maximum absolute atomic E-state index is 13.4. The first-order valence-corrected chi connectivity index (χ1v) is 29.8. The number of thiazole rings is 2. The number of aliphatic hydroxyl groups excluding tert-OH is 2. The van der Waals surface area contributed by atoms with Crippen molar-refractivity contribution in [2.75, 3.05) is 41.7 Å². The number of carbonyl (C=O) groups is 2. The molecule has 0 radical (unpaired) electrons. The summed E-state index contributed by atoms with van der Waals surface area (Å²) in [4.78, 5) is 37.2. The van der Waals surface area contributed by atoms with E-state index in [1.165, 1.54) is 34.8 Å². The standard InChI is InChI=1S/C26H33N5O4S2.C21H23BrN4O3S2.C5H11NO/c1-26(2,3)30-37(34,35)23-15-19(29-24(33)27-16-18-7-5-4-6-8-18)9-10-21(23)22-17-28-25(36-22)31-13-11-20(32)12-14-31;1-21(2,3)26-31(28,29)18-11-15(9-10-16(18)17-13-23-19(22)30-17)25-20(27)24-12-14-7-5-4-6-8-14;7-5-1-3-6-4-2-5/h4-10,15,17,20,30,32H,11-14,16H2,1-3H3,(H2,27,29,33);4-11,13,26H,12H2,1-3H3,(H2,24,25,27);5-7H,1-4H2. The monoisotopic (exact) mass is 1170 g/mol. The molecule has 9 N–H and O–H groups in total. The summed E-state index contributed by atoms with van der Waals surface area (Å²) < 4.78 is 59.2. The van der Waals surface area contributed by atoms with Crippen molar-refractivity contribution in [3.05, 3.63) is 124 Å². The zero-order valence-electron chi connectivity index (χ0n) is 42.8. The molecule has 23 heteroatoms. The van der Waals surface area contributed by atoms with Crippen LogP contribution in [0.3, 0.4) is 0 Å². The first-order valence-electron chi connectivity index (χ1n) is 24.4. The van der Waals surface area contributed by atoms with E-state index in [2.05, 4.69) is 66.8 Å². The molecule has 8 rings (SSSR count). The summed E-state index contributed by atoms with van der Waals surface area (Å²) in [6.07, 6.45) is 6.19. The highest BCUT2D eigenvalue weighted by molar-refractivity contribution is 9.11. The Morgan fingerprint density at radius 1 is 0.640 bits per heavy atom. The van der Waals surface area contributed by atoms with Crippen molar-refractivity contribution in [3.8, 4) is 20.9 Å². The molecule has 0 atom stereocenters. The van der Waals surface area contributed by atoms with E-state index < -0.39 is 43.2 Å². The van der Waals surface area contributed by atoms with Gasteiger partial charge < -0.3 is 41.7 Å². The van der Waals surface area contributed by atoms with Gasteiger partial charge >= 0.3 is 12.1 Å². The lowest BCUT2D eigenvalue weighted by Gasteiger charge is -2.29. The Morgan fingerprint density at radius 2 is 1.07 bits per heavy atom. The third-order valence-electron chi connectivity index (χ3n) is 11.1. The van der Waals surface area contributed by atoms with Gasteiger partial charge in [0.25, 0.3) is 0 Å². The summed E-state index contributed by atoms with van der Waals surface area (Å²) in [5.74, 6) is 0. The number of rotatable bonds is 13. The van der Waals surface area contributed by atoms with Gasteiger partial charge in [-0.05, 0) is 132 Å². The third-order valence-corrected chi connectivity index (χ3v) is 17.3. The summed E-state index contributed by atoms with van der Waals surface area (Å²) in [5.41, 5.74) is 2.30. The number of benzene rings is 4. The van der Waals surface area contributed by atoms with Crippen molar-refractivity contribution < 1.29 is 36.6 Å². The number of anilines is 3. The Bertz CT molecular complexity index is 3040. The molecule has 0 aliphatic carbocycles. The maximum Gasteiger partial charge on any atom is 0.319 e. The number of piperidine rings is 2. The van der Waals surface area contributed by atoms with Crippen LogP contribution in [-0.4, -0.2) is 98.5 Å². The highest BCUT2D eigenvalue weighted by Crippen LogP contribution is 2.38. The van der Waals surface area contributed by atoms with Gasteiger partial charge in [0, 0.05) is 72.2 Å². The largest absolute Gasteiger partial charge is 0.393 e. The summed E-state index contributed by atoms with van der Waals surface area (Å²) in [6.45, 7) is 14.7. The number of carbonyl (C=O) groups excluding carboxylic acids is 2. The van der Waals surface area contributed by atoms with Crippen LogP contribution in [0.5, 0.6) is 0 Å². The van der Waals surface area contributed by atoms with E-state index in [1.54, 1.807) is 78.2 Å². The molecule has 0 saturated carbocycles. The zero-order chi connectivity index (χ0) is 54.4. The lowest BCUT2D eigenvalue weighted by molar-refractivity contribution is 0.137. The molecule has 75 heavy (non-hydrogen) atoms. The van der Waals surface area contributed by atoms with Crippen LogP contribution in [-0.2, 0) is 33.1 Å². The van der Waals surface area contributed by atoms with Crippen molar-refractivity contribution in [1.29, 1.82) is 0 Å². The maximum atomic E-state index is 13.4. The normalized spacial score (nSPS) is 14.7. The van der Waals surface area contributed by atoms with Gasteiger partial charge in [0.1, 0.15) is 0 Å². The van der Waals surface area contributed by atoms with E-state index in [1.807, 2.05) is 60.7 Å². The number of amides is 4. The number of aromatic nitrogens is 2. The van der Waals surface area contributed by atoms with Crippen molar-refractivity contribution in [2.45, 2.75) is 113 Å². The van der Waals surface area contributed by atoms with Crippen molar-refractivity contribution in [3.63, 3.8) is 0 Å². The predicted molar refractivity (Wildman–Crippen MR) is 303 cm³/mol. The molecular weight excluding hydrogens is 1100 g/mol. The Morgan fingerprint density at radius 3 is 1.47 bits per heavy atom. The van der Waals surface area contributed by atoms with Gasteiger partial charge in [0.2, 0.25) is 20.0 Å². The van der Waals surface area contributed by atoms with Gasteiger partial charge in [0.15, 0.2) is 9.05 Å². The molecule has 0 spiro atoms. The summed E-state index contributed by atoms with van der Waals surface area (Å²) in [7, 11) is -7.78. The van der Waals surface area contributed by atoms with Crippen LogP contribution in [0.2, 0.25) is 0 Å². The highest BCUT2D eigenvalue weighted by Gasteiger charge is 2.29. The number of aliphatic hydroxyl groups is 2. The SMILES string of the molecule is CC(C)(C)NS(=O)(=O)c1cc(NC(=O)NCc2ccccc2)ccc1-c1cnc(Br)s1.CC(C)(C)NS(=O)(=O)c1cc(NC(=O)NCc2ccccc2)ccc1-c1cnc(N2CCC(O)CC2)s1.OC1CCNCC1. The molecule has 18 nitrogen and oxygen atoms in total. The van der Waals surface area contributed by atoms with E-state index in [0.29, 0.717) is 75.2 Å². The van der Waals surface area contributed by atoms with Gasteiger partial charge in [-0.25, -0.2) is 45.8 Å². The van der Waals surface area contributed by atoms with Gasteiger partial charge in [-0.2, -0.15) is 0 Å². The summed E-state index contributed by atoms with van der Waals surface area (Å²) >= 11 is 6.05. The minimum atomic E-state index is -3.92. The molecule has 4 amide bonds. The molecule has 6 aromatic rings. The average Bonchev–Trinajstić information content (AvgIpc) is 4.03. The molecule has 2 fully saturated rings. The predicted octanol–water partition coefficient (Wildman–Crippen LogP) is 8.87. The lowest BCUT2D eigenvalue weighted by atomic mass is 10.1. The highest BCUT2D eigenvalue weighted by atomic mass is 79.9. The number of halogens is 1. The van der Waals surface area contributed by atoms with Gasteiger partial charge in [-0.15, -0.1) is 11.3 Å². The molecule has 0 unspecified atom stereocenters. The van der Waals surface area contributed by atoms with Gasteiger partial charge in [-0.3, -0.25) is 0 Å². The third kappa shape index (κ3) is 19.0. The lowest BCUT2D eigenvalue weighted by Crippen LogP contribution is -2.40. The molecule has 4 aromatic carbocycles. The van der Waals surface area contributed by atoms with Crippen LogP contribution < -0.4 is 40.9 Å². The first kappa shape index (κ1) is 58.9. The molecule has 2 aliphatic heterocycles. The molecule has 404 valence electrons. The molecule has 4 heterocycles. The Kier molecular flexibility index (Phi) is 20.9. The Labute approximate surface area is 456 Å². The van der Waals surface area contributed by atoms with Crippen LogP contribution in [0.15, 0.2) is 123 Å². The van der Waals surface area contributed by atoms with Crippen molar-refractivity contribution >= 4 is 87.2 Å². The topological polar surface area (TPSA) is 256 Å². The fraction of sp³-hybridized carbons (Fsp3) is 0.385. The number of sulfonamides is 2. The zero-order valence-corrected chi connectivity index (χ0v) is 47.7. The molecule has 2 aliphatic rings. The number of urea groups is 2. The minimum Gasteiger partial charge on any atom is -0.393 e. The minimum absolute atomic E-state index is 0.0266. The number of nitrogens with zero attached hydrogens (tertiary/aromatic N) is 3. The average molecular weight is 1170 g/mol. The van der Waals surface area contributed by atoms with E-state index >= 15 is 0 Å². The Balaban J connectivity index is 0.000000218. The summed E-state index contributed by atoms with van der Waals surface area (Å²) in [6, 6.07) is 27.8. The first-order chi connectivity index (χ1) is 35.4. The molecular formula is C52H67BrN10O8S4. The number of hydrogen-bond acceptors (Lipinski definition) is 14. The van der Waals surface area contributed by atoms with E-state index in [9.17, 15) is 31.5 Å². The van der Waals surface area contributed by atoms with Crippen molar-refractivity contribution in [1.82, 2.24) is 35.4 Å². The van der Waals surface area contributed by atoms with Crippen LogP contribution >= 0.6 is 38.6 Å². The molecule has 2 saturated heterocycles.